The van der Waals surface area contributed by atoms with Gasteiger partial charge in [0.2, 0.25) is 0 Å². The number of hydrogen-bond acceptors (Lipinski definition) is 2. The molecule has 4 rings (SSSR count). The second-order valence-corrected chi connectivity index (χ2v) is 6.73. The zero-order valence-electron chi connectivity index (χ0n) is 14.6. The molecule has 25 heavy (non-hydrogen) atoms. The topological polar surface area (TPSA) is 21.3 Å². The number of rotatable bonds is 3. The second kappa shape index (κ2) is 6.64. The van der Waals surface area contributed by atoms with Gasteiger partial charge in [0.1, 0.15) is 5.75 Å². The van der Waals surface area contributed by atoms with Crippen LogP contribution in [0.15, 0.2) is 78.9 Å². The molecule has 126 valence electrons. The third kappa shape index (κ3) is 2.89. The minimum atomic E-state index is 0.269. The van der Waals surface area contributed by atoms with Crippen LogP contribution in [-0.2, 0) is 0 Å². The standard InChI is InChI=1S/C23H23NO/c1-16-22(17-8-4-3-5-9-17)20-10-6-7-11-21(20)24-23(16)18-12-14-19(25-2)15-13-18/h3-16,22-24H,1-2H3/t16-,22-,23+/m1/s1. The predicted molar refractivity (Wildman–Crippen MR) is 103 cm³/mol. The summed E-state index contributed by atoms with van der Waals surface area (Å²) in [5.74, 6) is 1.71. The van der Waals surface area contributed by atoms with Gasteiger partial charge in [0.25, 0.3) is 0 Å². The fourth-order valence-corrected chi connectivity index (χ4v) is 4.02. The summed E-state index contributed by atoms with van der Waals surface area (Å²) in [6, 6.07) is 28.2. The Morgan fingerprint density at radius 1 is 0.760 bits per heavy atom. The van der Waals surface area contributed by atoms with Crippen LogP contribution < -0.4 is 10.1 Å². The molecule has 3 aromatic carbocycles. The summed E-state index contributed by atoms with van der Waals surface area (Å²) in [4.78, 5) is 0. The van der Waals surface area contributed by atoms with Crippen LogP contribution in [0.2, 0.25) is 0 Å². The summed E-state index contributed by atoms with van der Waals surface area (Å²) < 4.78 is 5.31. The number of methoxy groups -OCH3 is 1. The van der Waals surface area contributed by atoms with Gasteiger partial charge in [-0.2, -0.15) is 0 Å². The van der Waals surface area contributed by atoms with E-state index in [4.69, 9.17) is 4.74 Å². The van der Waals surface area contributed by atoms with Gasteiger partial charge in [0.05, 0.1) is 13.2 Å². The number of ether oxygens (including phenoxy) is 1. The molecule has 0 amide bonds. The van der Waals surface area contributed by atoms with Crippen LogP contribution in [0.1, 0.15) is 35.6 Å². The van der Waals surface area contributed by atoms with Crippen LogP contribution >= 0.6 is 0 Å². The molecule has 2 nitrogen and oxygen atoms in total. The van der Waals surface area contributed by atoms with E-state index in [1.54, 1.807) is 7.11 Å². The molecule has 0 saturated heterocycles. The molecule has 0 fully saturated rings. The molecule has 0 bridgehead atoms. The van der Waals surface area contributed by atoms with Gasteiger partial charge in [0.15, 0.2) is 0 Å². The Morgan fingerprint density at radius 3 is 2.16 bits per heavy atom. The maximum atomic E-state index is 5.31. The molecular weight excluding hydrogens is 306 g/mol. The van der Waals surface area contributed by atoms with E-state index in [1.807, 2.05) is 12.1 Å². The van der Waals surface area contributed by atoms with Gasteiger partial charge in [-0.15, -0.1) is 0 Å². The monoisotopic (exact) mass is 329 g/mol. The molecule has 0 saturated carbocycles. The van der Waals surface area contributed by atoms with E-state index in [2.05, 4.69) is 79.0 Å². The quantitative estimate of drug-likeness (QED) is 0.672. The Bertz CT molecular complexity index is 841. The lowest BCUT2D eigenvalue weighted by Gasteiger charge is -2.39. The number of anilines is 1. The summed E-state index contributed by atoms with van der Waals surface area (Å²) in [7, 11) is 1.71. The van der Waals surface area contributed by atoms with Crippen LogP contribution in [0.5, 0.6) is 5.75 Å². The molecule has 0 spiro atoms. The van der Waals surface area contributed by atoms with Crippen molar-refractivity contribution in [1.29, 1.82) is 0 Å². The Labute approximate surface area is 149 Å². The highest BCUT2D eigenvalue weighted by Gasteiger charge is 2.35. The van der Waals surface area contributed by atoms with E-state index in [-0.39, 0.29) is 6.04 Å². The Morgan fingerprint density at radius 2 is 1.44 bits per heavy atom. The molecule has 0 unspecified atom stereocenters. The molecular formula is C23H23NO. The highest BCUT2D eigenvalue weighted by atomic mass is 16.5. The molecule has 1 N–H and O–H groups in total. The first kappa shape index (κ1) is 15.8. The molecule has 0 radical (unpaired) electrons. The normalized spacial score (nSPS) is 21.9. The van der Waals surface area contributed by atoms with Crippen LogP contribution in [0.3, 0.4) is 0 Å². The van der Waals surface area contributed by atoms with Gasteiger partial charge in [-0.3, -0.25) is 0 Å². The van der Waals surface area contributed by atoms with Crippen molar-refractivity contribution >= 4 is 5.69 Å². The van der Waals surface area contributed by atoms with Crippen LogP contribution in [0.25, 0.3) is 0 Å². The van der Waals surface area contributed by atoms with Crippen LogP contribution in [-0.4, -0.2) is 7.11 Å². The van der Waals surface area contributed by atoms with Crippen molar-refractivity contribution < 1.29 is 4.74 Å². The minimum Gasteiger partial charge on any atom is -0.497 e. The fourth-order valence-electron chi connectivity index (χ4n) is 4.02. The first-order chi connectivity index (χ1) is 12.3. The number of benzene rings is 3. The smallest absolute Gasteiger partial charge is 0.118 e. The van der Waals surface area contributed by atoms with Crippen molar-refractivity contribution in [3.05, 3.63) is 95.6 Å². The summed E-state index contributed by atoms with van der Waals surface area (Å²) in [6.07, 6.45) is 0. The van der Waals surface area contributed by atoms with E-state index >= 15 is 0 Å². The number of nitrogens with one attached hydrogen (secondary N) is 1. The number of para-hydroxylation sites is 1. The lowest BCUT2D eigenvalue weighted by molar-refractivity contribution is 0.412. The molecule has 1 heterocycles. The Balaban J connectivity index is 1.78. The minimum absolute atomic E-state index is 0.269. The third-order valence-corrected chi connectivity index (χ3v) is 5.29. The molecule has 3 atom stereocenters. The highest BCUT2D eigenvalue weighted by Crippen LogP contribution is 2.47. The van der Waals surface area contributed by atoms with E-state index in [0.717, 1.165) is 5.75 Å². The number of hydrogen-bond donors (Lipinski definition) is 1. The van der Waals surface area contributed by atoms with Crippen LogP contribution in [0, 0.1) is 5.92 Å². The van der Waals surface area contributed by atoms with Gasteiger partial charge in [-0.1, -0.05) is 67.6 Å². The van der Waals surface area contributed by atoms with E-state index in [1.165, 1.54) is 22.4 Å². The maximum absolute atomic E-state index is 5.31. The Hall–Kier alpha value is -2.74. The zero-order valence-corrected chi connectivity index (χ0v) is 14.6. The molecule has 1 aliphatic rings. The van der Waals surface area contributed by atoms with Crippen molar-refractivity contribution in [3.8, 4) is 5.75 Å². The van der Waals surface area contributed by atoms with Gasteiger partial charge in [-0.25, -0.2) is 0 Å². The van der Waals surface area contributed by atoms with Gasteiger partial charge < -0.3 is 10.1 Å². The van der Waals surface area contributed by atoms with E-state index in [0.29, 0.717) is 11.8 Å². The van der Waals surface area contributed by atoms with Crippen LogP contribution in [0.4, 0.5) is 5.69 Å². The summed E-state index contributed by atoms with van der Waals surface area (Å²) in [6.45, 7) is 2.34. The van der Waals surface area contributed by atoms with Crippen molar-refractivity contribution in [2.45, 2.75) is 18.9 Å². The first-order valence-corrected chi connectivity index (χ1v) is 8.82. The van der Waals surface area contributed by atoms with Crippen molar-refractivity contribution in [3.63, 3.8) is 0 Å². The largest absolute Gasteiger partial charge is 0.497 e. The van der Waals surface area contributed by atoms with Gasteiger partial charge in [0, 0.05) is 11.6 Å². The molecule has 3 aromatic rings. The second-order valence-electron chi connectivity index (χ2n) is 6.73. The predicted octanol–water partition coefficient (Wildman–Crippen LogP) is 5.63. The van der Waals surface area contributed by atoms with Gasteiger partial charge >= 0.3 is 0 Å². The van der Waals surface area contributed by atoms with Crippen molar-refractivity contribution in [2.75, 3.05) is 12.4 Å². The SMILES string of the molecule is COc1ccc([C@H]2Nc3ccccc3[C@@H](c3ccccc3)[C@H]2C)cc1. The maximum Gasteiger partial charge on any atom is 0.118 e. The third-order valence-electron chi connectivity index (χ3n) is 5.29. The average molecular weight is 329 g/mol. The number of fused-ring (bicyclic) bond motifs is 1. The van der Waals surface area contributed by atoms with E-state index in [9.17, 15) is 0 Å². The molecule has 1 aliphatic heterocycles. The summed E-state index contributed by atoms with van der Waals surface area (Å²) >= 11 is 0. The molecule has 0 aromatic heterocycles. The van der Waals surface area contributed by atoms with Crippen molar-refractivity contribution in [2.24, 2.45) is 5.92 Å². The molecule has 2 heteroatoms. The zero-order chi connectivity index (χ0) is 17.2. The van der Waals surface area contributed by atoms with Gasteiger partial charge in [-0.05, 0) is 40.8 Å². The summed E-state index contributed by atoms with van der Waals surface area (Å²) in [5, 5.41) is 3.76. The summed E-state index contributed by atoms with van der Waals surface area (Å²) in [5.41, 5.74) is 5.28. The lowest BCUT2D eigenvalue weighted by atomic mass is 9.73. The molecule has 0 aliphatic carbocycles. The van der Waals surface area contributed by atoms with Crippen molar-refractivity contribution in [1.82, 2.24) is 0 Å². The van der Waals surface area contributed by atoms with E-state index < -0.39 is 0 Å². The highest BCUT2D eigenvalue weighted by molar-refractivity contribution is 5.60. The Kier molecular flexibility index (Phi) is 4.19. The first-order valence-electron chi connectivity index (χ1n) is 8.82. The lowest BCUT2D eigenvalue weighted by Crippen LogP contribution is -2.30. The fraction of sp³-hybridized carbons (Fsp3) is 0.217. The average Bonchev–Trinajstić information content (AvgIpc) is 2.68.